The molecule has 0 atom stereocenters. The quantitative estimate of drug-likeness (QED) is 0.723. The maximum Gasteiger partial charge on any atom is 0.0352 e. The van der Waals surface area contributed by atoms with E-state index in [0.29, 0.717) is 0 Å². The second-order valence-corrected chi connectivity index (χ2v) is 3.66. The lowest BCUT2D eigenvalue weighted by Crippen LogP contribution is -1.97. The monoisotopic (exact) mass is 189 g/mol. The van der Waals surface area contributed by atoms with Crippen molar-refractivity contribution in [3.05, 3.63) is 35.4 Å². The van der Waals surface area contributed by atoms with Crippen molar-refractivity contribution in [1.82, 2.24) is 0 Å². The van der Waals surface area contributed by atoms with E-state index in [9.17, 15) is 0 Å². The van der Waals surface area contributed by atoms with Gasteiger partial charge in [0.1, 0.15) is 0 Å². The SMILES string of the molecule is C=C(CC)c1cc(N)c(C)c(CC)c1. The van der Waals surface area contributed by atoms with Crippen molar-refractivity contribution in [2.75, 3.05) is 5.73 Å². The first kappa shape index (κ1) is 10.8. The second kappa shape index (κ2) is 4.32. The van der Waals surface area contributed by atoms with Crippen LogP contribution in [0.5, 0.6) is 0 Å². The molecule has 1 rings (SSSR count). The van der Waals surface area contributed by atoms with Gasteiger partial charge in [-0.25, -0.2) is 0 Å². The maximum atomic E-state index is 5.95. The molecule has 0 saturated heterocycles. The number of allylic oxidation sites excluding steroid dienone is 1. The molecular formula is C13H19N. The van der Waals surface area contributed by atoms with E-state index in [1.165, 1.54) is 16.7 Å². The first-order valence-corrected chi connectivity index (χ1v) is 5.17. The molecule has 0 bridgehead atoms. The predicted octanol–water partition coefficient (Wildman–Crippen LogP) is 3.56. The van der Waals surface area contributed by atoms with Crippen LogP contribution in [0.15, 0.2) is 18.7 Å². The average molecular weight is 189 g/mol. The molecule has 14 heavy (non-hydrogen) atoms. The minimum Gasteiger partial charge on any atom is -0.398 e. The van der Waals surface area contributed by atoms with E-state index in [1.807, 2.05) is 6.07 Å². The molecule has 0 aliphatic heterocycles. The fourth-order valence-corrected chi connectivity index (χ4v) is 1.57. The summed E-state index contributed by atoms with van der Waals surface area (Å²) in [5, 5.41) is 0. The van der Waals surface area contributed by atoms with Crippen molar-refractivity contribution in [3.63, 3.8) is 0 Å². The number of benzene rings is 1. The predicted molar refractivity (Wildman–Crippen MR) is 64.3 cm³/mol. The Morgan fingerprint density at radius 1 is 1.36 bits per heavy atom. The van der Waals surface area contributed by atoms with Crippen LogP contribution in [0.4, 0.5) is 5.69 Å². The van der Waals surface area contributed by atoms with E-state index in [4.69, 9.17) is 5.73 Å². The maximum absolute atomic E-state index is 5.95. The third kappa shape index (κ3) is 1.98. The Morgan fingerprint density at radius 3 is 2.50 bits per heavy atom. The molecule has 1 nitrogen and oxygen atoms in total. The molecule has 0 radical (unpaired) electrons. The lowest BCUT2D eigenvalue weighted by atomic mass is 9.96. The normalized spacial score (nSPS) is 10.2. The minimum absolute atomic E-state index is 0.883. The highest BCUT2D eigenvalue weighted by atomic mass is 14.6. The molecule has 1 aromatic rings. The lowest BCUT2D eigenvalue weighted by molar-refractivity contribution is 1.10. The first-order chi connectivity index (χ1) is 6.60. The first-order valence-electron chi connectivity index (χ1n) is 5.17. The van der Waals surface area contributed by atoms with Crippen LogP contribution in [0.25, 0.3) is 5.57 Å². The van der Waals surface area contributed by atoms with Gasteiger partial charge in [-0.1, -0.05) is 26.5 Å². The average Bonchev–Trinajstić information content (AvgIpc) is 2.20. The summed E-state index contributed by atoms with van der Waals surface area (Å²) < 4.78 is 0. The Labute approximate surface area is 86.6 Å². The van der Waals surface area contributed by atoms with Crippen LogP contribution in [0.2, 0.25) is 0 Å². The van der Waals surface area contributed by atoms with E-state index in [2.05, 4.69) is 33.4 Å². The summed E-state index contributed by atoms with van der Waals surface area (Å²) in [4.78, 5) is 0. The summed E-state index contributed by atoms with van der Waals surface area (Å²) in [6.07, 6.45) is 2.01. The zero-order valence-corrected chi connectivity index (χ0v) is 9.35. The lowest BCUT2D eigenvalue weighted by Gasteiger charge is -2.11. The van der Waals surface area contributed by atoms with E-state index < -0.39 is 0 Å². The molecule has 0 aliphatic carbocycles. The van der Waals surface area contributed by atoms with Gasteiger partial charge in [-0.2, -0.15) is 0 Å². The highest BCUT2D eigenvalue weighted by Crippen LogP contribution is 2.24. The Bertz CT molecular complexity index is 350. The van der Waals surface area contributed by atoms with Crippen LogP contribution in [0.1, 0.15) is 37.0 Å². The molecular weight excluding hydrogens is 170 g/mol. The van der Waals surface area contributed by atoms with Crippen molar-refractivity contribution >= 4 is 11.3 Å². The highest BCUT2D eigenvalue weighted by Gasteiger charge is 2.04. The van der Waals surface area contributed by atoms with Gasteiger partial charge in [-0.05, 0) is 48.1 Å². The molecule has 0 heterocycles. The summed E-state index contributed by atoms with van der Waals surface area (Å²) in [5.74, 6) is 0. The third-order valence-corrected chi connectivity index (χ3v) is 2.77. The number of hydrogen-bond donors (Lipinski definition) is 1. The molecule has 1 heteroatoms. The van der Waals surface area contributed by atoms with Crippen molar-refractivity contribution in [2.24, 2.45) is 0 Å². The smallest absolute Gasteiger partial charge is 0.0352 e. The van der Waals surface area contributed by atoms with Gasteiger partial charge in [-0.3, -0.25) is 0 Å². The Morgan fingerprint density at radius 2 is 2.00 bits per heavy atom. The van der Waals surface area contributed by atoms with E-state index in [-0.39, 0.29) is 0 Å². The van der Waals surface area contributed by atoms with Gasteiger partial charge >= 0.3 is 0 Å². The molecule has 76 valence electrons. The number of nitrogens with two attached hydrogens (primary N) is 1. The van der Waals surface area contributed by atoms with Gasteiger partial charge in [0.25, 0.3) is 0 Å². The number of aryl methyl sites for hydroxylation is 1. The van der Waals surface area contributed by atoms with Crippen LogP contribution in [-0.4, -0.2) is 0 Å². The second-order valence-electron chi connectivity index (χ2n) is 3.66. The molecule has 0 aliphatic rings. The molecule has 0 spiro atoms. The highest BCUT2D eigenvalue weighted by molar-refractivity contribution is 5.69. The van der Waals surface area contributed by atoms with Gasteiger partial charge in [0.2, 0.25) is 0 Å². The summed E-state index contributed by atoms with van der Waals surface area (Å²) in [6, 6.07) is 4.23. The Balaban J connectivity index is 3.22. The van der Waals surface area contributed by atoms with Crippen molar-refractivity contribution in [1.29, 1.82) is 0 Å². The number of rotatable bonds is 3. The van der Waals surface area contributed by atoms with Crippen LogP contribution in [0.3, 0.4) is 0 Å². The largest absolute Gasteiger partial charge is 0.398 e. The summed E-state index contributed by atoms with van der Waals surface area (Å²) >= 11 is 0. The van der Waals surface area contributed by atoms with Crippen molar-refractivity contribution in [3.8, 4) is 0 Å². The van der Waals surface area contributed by atoms with Gasteiger partial charge in [-0.15, -0.1) is 0 Å². The molecule has 0 saturated carbocycles. The van der Waals surface area contributed by atoms with E-state index in [1.54, 1.807) is 0 Å². The molecule has 0 fully saturated rings. The zero-order chi connectivity index (χ0) is 10.7. The van der Waals surface area contributed by atoms with Gasteiger partial charge < -0.3 is 5.73 Å². The molecule has 2 N–H and O–H groups in total. The van der Waals surface area contributed by atoms with Crippen LogP contribution in [0, 0.1) is 6.92 Å². The fourth-order valence-electron chi connectivity index (χ4n) is 1.57. The Hall–Kier alpha value is -1.24. The van der Waals surface area contributed by atoms with Crippen LogP contribution >= 0.6 is 0 Å². The zero-order valence-electron chi connectivity index (χ0n) is 9.35. The van der Waals surface area contributed by atoms with E-state index in [0.717, 1.165) is 24.1 Å². The Kier molecular flexibility index (Phi) is 3.34. The fraction of sp³-hybridized carbons (Fsp3) is 0.385. The summed E-state index contributed by atoms with van der Waals surface area (Å²) in [5.41, 5.74) is 11.7. The van der Waals surface area contributed by atoms with Crippen molar-refractivity contribution < 1.29 is 0 Å². The van der Waals surface area contributed by atoms with Crippen molar-refractivity contribution in [2.45, 2.75) is 33.6 Å². The number of hydrogen-bond acceptors (Lipinski definition) is 1. The van der Waals surface area contributed by atoms with Crippen LogP contribution in [-0.2, 0) is 6.42 Å². The third-order valence-electron chi connectivity index (χ3n) is 2.77. The molecule has 0 amide bonds. The number of nitrogen functional groups attached to an aromatic ring is 1. The van der Waals surface area contributed by atoms with Crippen LogP contribution < -0.4 is 5.73 Å². The molecule has 0 aromatic heterocycles. The summed E-state index contributed by atoms with van der Waals surface area (Å²) in [6.45, 7) is 10.4. The number of anilines is 1. The molecule has 0 unspecified atom stereocenters. The van der Waals surface area contributed by atoms with E-state index >= 15 is 0 Å². The standard InChI is InChI=1S/C13H19N/c1-5-9(3)12-7-11(6-2)10(4)13(14)8-12/h7-8H,3,5-6,14H2,1-2,4H3. The van der Waals surface area contributed by atoms with Gasteiger partial charge in [0.15, 0.2) is 0 Å². The topological polar surface area (TPSA) is 26.0 Å². The summed E-state index contributed by atoms with van der Waals surface area (Å²) in [7, 11) is 0. The van der Waals surface area contributed by atoms with Gasteiger partial charge in [0.05, 0.1) is 0 Å². The van der Waals surface area contributed by atoms with Gasteiger partial charge in [0, 0.05) is 5.69 Å². The minimum atomic E-state index is 0.883. The molecule has 1 aromatic carbocycles.